The molecule has 0 unspecified atom stereocenters. The first-order chi connectivity index (χ1) is 17.7. The third-order valence-corrected chi connectivity index (χ3v) is 8.43. The Morgan fingerprint density at radius 3 is 2.59 bits per heavy atom. The van der Waals surface area contributed by atoms with E-state index in [9.17, 15) is 24.3 Å². The van der Waals surface area contributed by atoms with Crippen molar-refractivity contribution >= 4 is 41.2 Å². The third-order valence-electron chi connectivity index (χ3n) is 6.92. The maximum Gasteiger partial charge on any atom is 0.355 e. The number of nitrogens with zero attached hydrogens (tertiary/aromatic N) is 1. The molecule has 2 amide bonds. The molecule has 0 spiro atoms. The molecular weight excluding hydrogens is 498 g/mol. The number of rotatable bonds is 9. The van der Waals surface area contributed by atoms with Crippen LogP contribution in [0.4, 0.5) is 5.69 Å². The van der Waals surface area contributed by atoms with Crippen molar-refractivity contribution in [2.75, 3.05) is 25.1 Å². The van der Waals surface area contributed by atoms with Crippen molar-refractivity contribution < 1.29 is 33.8 Å². The van der Waals surface area contributed by atoms with Crippen LogP contribution < -0.4 is 10.6 Å². The fraction of sp³-hybridized carbons (Fsp3) is 0.538. The predicted octanol–water partition coefficient (Wildman–Crippen LogP) is 1.90. The Labute approximate surface area is 220 Å². The van der Waals surface area contributed by atoms with E-state index in [1.54, 1.807) is 45.0 Å². The quantitative estimate of drug-likeness (QED) is 0.323. The number of benzene rings is 1. The molecule has 3 aliphatic heterocycles. The Bertz CT molecular complexity index is 1120. The Kier molecular flexibility index (Phi) is 8.25. The van der Waals surface area contributed by atoms with Crippen molar-refractivity contribution in [3.05, 3.63) is 40.4 Å². The summed E-state index contributed by atoms with van der Waals surface area (Å²) in [6.45, 7) is 7.98. The average Bonchev–Trinajstić information content (AvgIpc) is 3.41. The minimum atomic E-state index is -0.812. The van der Waals surface area contributed by atoms with Crippen molar-refractivity contribution in [3.63, 3.8) is 0 Å². The molecule has 0 saturated carbocycles. The highest BCUT2D eigenvalue weighted by molar-refractivity contribution is 8.03. The minimum absolute atomic E-state index is 0.0118. The Hall–Kier alpha value is -2.89. The number of thioether (sulfide) groups is 1. The van der Waals surface area contributed by atoms with Crippen molar-refractivity contribution in [3.8, 4) is 0 Å². The van der Waals surface area contributed by atoms with Crippen LogP contribution in [0.15, 0.2) is 34.9 Å². The number of amides is 2. The van der Waals surface area contributed by atoms with Gasteiger partial charge < -0.3 is 30.1 Å². The highest BCUT2D eigenvalue weighted by Gasteiger charge is 2.60. The van der Waals surface area contributed by atoms with Crippen LogP contribution in [0.2, 0.25) is 0 Å². The van der Waals surface area contributed by atoms with Gasteiger partial charge in [0.2, 0.25) is 11.8 Å². The zero-order valence-electron chi connectivity index (χ0n) is 21.4. The van der Waals surface area contributed by atoms with Crippen LogP contribution in [-0.4, -0.2) is 77.0 Å². The van der Waals surface area contributed by atoms with E-state index >= 15 is 0 Å². The van der Waals surface area contributed by atoms with E-state index in [0.29, 0.717) is 24.2 Å². The molecule has 0 aliphatic carbocycles. The molecule has 3 heterocycles. The molecule has 3 aliphatic rings. The zero-order valence-corrected chi connectivity index (χ0v) is 22.2. The molecule has 37 heavy (non-hydrogen) atoms. The topological polar surface area (TPSA) is 134 Å². The maximum atomic E-state index is 12.9. The van der Waals surface area contributed by atoms with Crippen molar-refractivity contribution in [2.45, 2.75) is 57.6 Å². The molecule has 6 atom stereocenters. The standard InChI is InChI=1S/C26H33N3O7S/c1-5-35-25(33)15-8-7-9-16(10-15)28-23(31)18-11-17(12-27-18)37-22-13(3)20-19(14(4)30)24(32)29(20)21(22)26(34)36-6-2/h7-10,13-14,17-20,27,30H,5-6,11-12H2,1-4H3,(H,28,31)/t13-,14-,17+,18+,19-,20-/m1/s1. The molecule has 200 valence electrons. The first kappa shape index (κ1) is 27.2. The number of ether oxygens (including phenoxy) is 2. The van der Waals surface area contributed by atoms with Gasteiger partial charge in [-0.05, 0) is 45.4 Å². The van der Waals surface area contributed by atoms with Gasteiger partial charge in [-0.15, -0.1) is 11.8 Å². The van der Waals surface area contributed by atoms with Crippen LogP contribution in [0.25, 0.3) is 0 Å². The van der Waals surface area contributed by atoms with Gasteiger partial charge in [-0.1, -0.05) is 13.0 Å². The third kappa shape index (κ3) is 5.25. The van der Waals surface area contributed by atoms with Crippen LogP contribution >= 0.6 is 11.8 Å². The molecule has 10 nitrogen and oxygen atoms in total. The van der Waals surface area contributed by atoms with E-state index in [1.807, 2.05) is 6.92 Å². The van der Waals surface area contributed by atoms with Gasteiger partial charge in [0, 0.05) is 28.3 Å². The molecule has 11 heteroatoms. The van der Waals surface area contributed by atoms with Gasteiger partial charge in [0.05, 0.1) is 42.9 Å². The van der Waals surface area contributed by atoms with Crippen LogP contribution in [0.5, 0.6) is 0 Å². The molecule has 0 bridgehead atoms. The molecule has 4 rings (SSSR count). The van der Waals surface area contributed by atoms with E-state index in [1.165, 1.54) is 16.7 Å². The number of aliphatic hydroxyl groups excluding tert-OH is 1. The summed E-state index contributed by atoms with van der Waals surface area (Å²) < 4.78 is 10.3. The highest BCUT2D eigenvalue weighted by atomic mass is 32.2. The molecule has 0 aromatic heterocycles. The fourth-order valence-corrected chi connectivity index (χ4v) is 6.68. The number of aliphatic hydroxyl groups is 1. The van der Waals surface area contributed by atoms with Crippen LogP contribution in [-0.2, 0) is 23.9 Å². The largest absolute Gasteiger partial charge is 0.462 e. The van der Waals surface area contributed by atoms with Gasteiger partial charge in [-0.25, -0.2) is 9.59 Å². The number of β-lactam (4-membered cyclic amide) rings is 1. The summed E-state index contributed by atoms with van der Waals surface area (Å²) in [5.74, 6) is -2.18. The Morgan fingerprint density at radius 2 is 1.92 bits per heavy atom. The average molecular weight is 532 g/mol. The number of nitrogens with one attached hydrogen (secondary N) is 2. The van der Waals surface area contributed by atoms with E-state index in [4.69, 9.17) is 9.47 Å². The second-order valence-corrected chi connectivity index (χ2v) is 10.8. The summed E-state index contributed by atoms with van der Waals surface area (Å²) in [6, 6.07) is 5.84. The van der Waals surface area contributed by atoms with Gasteiger partial charge in [-0.2, -0.15) is 0 Å². The van der Waals surface area contributed by atoms with E-state index in [0.717, 1.165) is 4.91 Å². The van der Waals surface area contributed by atoms with E-state index in [-0.39, 0.29) is 47.9 Å². The first-order valence-corrected chi connectivity index (χ1v) is 13.5. The van der Waals surface area contributed by atoms with Gasteiger partial charge in [0.1, 0.15) is 5.70 Å². The molecule has 2 saturated heterocycles. The summed E-state index contributed by atoms with van der Waals surface area (Å²) in [5.41, 5.74) is 1.11. The lowest BCUT2D eigenvalue weighted by molar-refractivity contribution is -0.164. The van der Waals surface area contributed by atoms with Gasteiger partial charge >= 0.3 is 11.9 Å². The predicted molar refractivity (Wildman–Crippen MR) is 137 cm³/mol. The van der Waals surface area contributed by atoms with Gasteiger partial charge in [0.25, 0.3) is 0 Å². The number of carbonyl (C=O) groups is 4. The summed E-state index contributed by atoms with van der Waals surface area (Å²) in [5, 5.41) is 16.2. The van der Waals surface area contributed by atoms with E-state index in [2.05, 4.69) is 10.6 Å². The van der Waals surface area contributed by atoms with Gasteiger partial charge in [0.15, 0.2) is 0 Å². The lowest BCUT2D eigenvalue weighted by Gasteiger charge is -2.46. The summed E-state index contributed by atoms with van der Waals surface area (Å²) in [6.07, 6.45) is -0.300. The number of hydrogen-bond acceptors (Lipinski definition) is 9. The molecular formula is C26H33N3O7S. The summed E-state index contributed by atoms with van der Waals surface area (Å²) in [7, 11) is 0. The normalized spacial score (nSPS) is 27.4. The lowest BCUT2D eigenvalue weighted by Crippen LogP contribution is -2.63. The number of anilines is 1. The van der Waals surface area contributed by atoms with E-state index < -0.39 is 30.0 Å². The smallest absolute Gasteiger partial charge is 0.355 e. The Balaban J connectivity index is 1.44. The molecule has 3 N–H and O–H groups in total. The van der Waals surface area contributed by atoms with Crippen LogP contribution in [0, 0.1) is 11.8 Å². The zero-order chi connectivity index (χ0) is 26.9. The maximum absolute atomic E-state index is 12.9. The van der Waals surface area contributed by atoms with Crippen LogP contribution in [0.3, 0.4) is 0 Å². The minimum Gasteiger partial charge on any atom is -0.462 e. The number of carbonyl (C=O) groups excluding carboxylic acids is 4. The second kappa shape index (κ2) is 11.2. The monoisotopic (exact) mass is 531 g/mol. The number of hydrogen-bond donors (Lipinski definition) is 3. The molecule has 1 aromatic rings. The lowest BCUT2D eigenvalue weighted by atomic mass is 9.79. The Morgan fingerprint density at radius 1 is 1.22 bits per heavy atom. The number of fused-ring (bicyclic) bond motifs is 1. The SMILES string of the molecule is CCOC(=O)C1=C(S[C@@H]2CN[C@H](C(=O)Nc3cccc(C(=O)OCC)c3)C2)[C@H](C)[C@@H]2[C@@H]([C@@H](C)O)C(=O)N12. The molecule has 0 radical (unpaired) electrons. The first-order valence-electron chi connectivity index (χ1n) is 12.6. The highest BCUT2D eigenvalue weighted by Crippen LogP contribution is 2.52. The van der Waals surface area contributed by atoms with Crippen LogP contribution in [0.1, 0.15) is 44.5 Å². The summed E-state index contributed by atoms with van der Waals surface area (Å²) >= 11 is 1.49. The van der Waals surface area contributed by atoms with Gasteiger partial charge in [-0.3, -0.25) is 9.59 Å². The molecule has 1 aromatic carbocycles. The number of esters is 2. The summed E-state index contributed by atoms with van der Waals surface area (Å²) in [4.78, 5) is 52.8. The molecule has 2 fully saturated rings. The second-order valence-electron chi connectivity index (χ2n) is 9.41. The van der Waals surface area contributed by atoms with Crippen molar-refractivity contribution in [2.24, 2.45) is 11.8 Å². The fourth-order valence-electron chi connectivity index (χ4n) is 5.21. The van der Waals surface area contributed by atoms with Crippen molar-refractivity contribution in [1.29, 1.82) is 0 Å². The van der Waals surface area contributed by atoms with Crippen molar-refractivity contribution in [1.82, 2.24) is 10.2 Å².